The second-order valence-electron chi connectivity index (χ2n) is 8.65. The topological polar surface area (TPSA) is 29.5 Å². The van der Waals surface area contributed by atoms with Gasteiger partial charge in [0.1, 0.15) is 0 Å². The van der Waals surface area contributed by atoms with E-state index in [-0.39, 0.29) is 11.0 Å². The fourth-order valence-electron chi connectivity index (χ4n) is 3.82. The molecule has 0 aliphatic heterocycles. The van der Waals surface area contributed by atoms with E-state index in [4.69, 9.17) is 4.43 Å². The predicted octanol–water partition coefficient (Wildman–Crippen LogP) is 4.68. The maximum atomic E-state index is 10.4. The van der Waals surface area contributed by atoms with Crippen molar-refractivity contribution < 1.29 is 9.53 Å². The van der Waals surface area contributed by atoms with Crippen LogP contribution in [0.1, 0.15) is 41.0 Å². The van der Waals surface area contributed by atoms with Gasteiger partial charge in [0.25, 0.3) is 8.32 Å². The van der Waals surface area contributed by atoms with Crippen molar-refractivity contribution in [1.82, 2.24) is 0 Å². The van der Waals surface area contributed by atoms with Crippen LogP contribution >= 0.6 is 0 Å². The van der Waals surface area contributed by atoms with Crippen LogP contribution in [0.4, 0.5) is 0 Å². The van der Waals surface area contributed by atoms with E-state index in [1.165, 1.54) is 10.4 Å². The molecule has 1 atom stereocenters. The Bertz CT molecular complexity index is 745. The summed E-state index contributed by atoms with van der Waals surface area (Å²) in [5.74, 6) is 0.136. The molecule has 0 aliphatic rings. The monoisotopic (exact) mass is 394 g/mol. The first-order valence-electron chi connectivity index (χ1n) is 10.1. The van der Waals surface area contributed by atoms with Gasteiger partial charge in [-0.2, -0.15) is 0 Å². The Kier molecular flexibility index (Phi) is 7.62. The van der Waals surface area contributed by atoms with E-state index in [0.717, 1.165) is 5.57 Å². The average Bonchev–Trinajstić information content (AvgIpc) is 2.68. The van der Waals surface area contributed by atoms with Crippen molar-refractivity contribution in [1.29, 1.82) is 0 Å². The standard InChI is InChI=1S/C25H34O2Si/c1-7-21(24(26)20(2)3)18-19-27-28(25(4,5)6,22-14-10-8-11-15-22)23-16-12-9-13-17-23/h8-17,20,24,26H,1,18-19H2,2-6H3. The summed E-state index contributed by atoms with van der Waals surface area (Å²) in [6.07, 6.45) is 0.105. The third-order valence-corrected chi connectivity index (χ3v) is 10.4. The lowest BCUT2D eigenvalue weighted by molar-refractivity contribution is 0.152. The first kappa shape index (κ1) is 22.4. The minimum atomic E-state index is -2.53. The van der Waals surface area contributed by atoms with E-state index >= 15 is 0 Å². The van der Waals surface area contributed by atoms with Crippen LogP contribution in [0.2, 0.25) is 5.04 Å². The highest BCUT2D eigenvalue weighted by molar-refractivity contribution is 6.99. The van der Waals surface area contributed by atoms with Crippen molar-refractivity contribution in [3.63, 3.8) is 0 Å². The second-order valence-corrected chi connectivity index (χ2v) is 13.0. The highest BCUT2D eigenvalue weighted by Gasteiger charge is 2.50. The van der Waals surface area contributed by atoms with Crippen LogP contribution in [0.15, 0.2) is 78.5 Å². The minimum Gasteiger partial charge on any atom is -0.407 e. The molecule has 0 aliphatic carbocycles. The molecule has 0 bridgehead atoms. The molecule has 3 heteroatoms. The molecule has 2 aromatic rings. The molecule has 2 rings (SSSR count). The smallest absolute Gasteiger partial charge is 0.261 e. The van der Waals surface area contributed by atoms with Crippen LogP contribution in [0.5, 0.6) is 0 Å². The van der Waals surface area contributed by atoms with Crippen LogP contribution < -0.4 is 10.4 Å². The van der Waals surface area contributed by atoms with E-state index in [0.29, 0.717) is 13.0 Å². The lowest BCUT2D eigenvalue weighted by Crippen LogP contribution is -2.66. The second kappa shape index (κ2) is 9.53. The molecule has 2 nitrogen and oxygen atoms in total. The van der Waals surface area contributed by atoms with Crippen molar-refractivity contribution in [2.75, 3.05) is 6.61 Å². The van der Waals surface area contributed by atoms with Crippen molar-refractivity contribution in [3.05, 3.63) is 78.5 Å². The molecule has 1 N–H and O–H groups in total. The minimum absolute atomic E-state index is 0.0512. The molecule has 0 aromatic heterocycles. The average molecular weight is 395 g/mol. The van der Waals surface area contributed by atoms with Gasteiger partial charge in [-0.3, -0.25) is 0 Å². The summed E-state index contributed by atoms with van der Waals surface area (Å²) in [6.45, 7) is 15.1. The molecule has 1 unspecified atom stereocenters. The zero-order valence-electron chi connectivity index (χ0n) is 17.9. The SMILES string of the molecule is C=C=C(CCO[Si](c1ccccc1)(c1ccccc1)C(C)(C)C)C(O)C(C)C. The third kappa shape index (κ3) is 4.74. The van der Waals surface area contributed by atoms with E-state index in [1.54, 1.807) is 0 Å². The van der Waals surface area contributed by atoms with Crippen LogP contribution in [0.3, 0.4) is 0 Å². The van der Waals surface area contributed by atoms with Crippen LogP contribution in [0.25, 0.3) is 0 Å². The fourth-order valence-corrected chi connectivity index (χ4v) is 8.38. The first-order chi connectivity index (χ1) is 13.2. The van der Waals surface area contributed by atoms with E-state index in [2.05, 4.69) is 81.6 Å². The Morgan fingerprint density at radius 3 is 1.82 bits per heavy atom. The van der Waals surface area contributed by atoms with Crippen molar-refractivity contribution in [3.8, 4) is 0 Å². The molecular formula is C25H34O2Si. The number of benzene rings is 2. The summed E-state index contributed by atoms with van der Waals surface area (Å²) in [6, 6.07) is 21.2. The molecule has 2 aromatic carbocycles. The highest BCUT2D eigenvalue weighted by atomic mass is 28.4. The van der Waals surface area contributed by atoms with E-state index < -0.39 is 14.4 Å². The first-order valence-corrected chi connectivity index (χ1v) is 12.0. The highest BCUT2D eigenvalue weighted by Crippen LogP contribution is 2.37. The Morgan fingerprint density at radius 1 is 1.00 bits per heavy atom. The van der Waals surface area contributed by atoms with Crippen molar-refractivity contribution >= 4 is 18.7 Å². The molecule has 0 radical (unpaired) electrons. The molecule has 0 saturated carbocycles. The zero-order valence-corrected chi connectivity index (χ0v) is 18.9. The normalized spacial score (nSPS) is 13.2. The Balaban J connectivity index is 2.44. The number of rotatable bonds is 8. The molecule has 28 heavy (non-hydrogen) atoms. The van der Waals surface area contributed by atoms with Crippen LogP contribution in [-0.2, 0) is 4.43 Å². The van der Waals surface area contributed by atoms with Gasteiger partial charge in [0.05, 0.1) is 6.10 Å². The number of aliphatic hydroxyl groups is 1. The van der Waals surface area contributed by atoms with Gasteiger partial charge in [-0.1, -0.05) is 102 Å². The molecular weight excluding hydrogens is 360 g/mol. The summed E-state index contributed by atoms with van der Waals surface area (Å²) >= 11 is 0. The van der Waals surface area contributed by atoms with Crippen molar-refractivity contribution in [2.45, 2.75) is 52.2 Å². The largest absolute Gasteiger partial charge is 0.407 e. The van der Waals surface area contributed by atoms with Gasteiger partial charge < -0.3 is 9.53 Å². The van der Waals surface area contributed by atoms with Gasteiger partial charge >= 0.3 is 0 Å². The summed E-state index contributed by atoms with van der Waals surface area (Å²) in [5, 5.41) is 12.9. The van der Waals surface area contributed by atoms with Gasteiger partial charge in [-0.15, -0.1) is 5.73 Å². The Hall–Kier alpha value is -1.90. The molecule has 0 amide bonds. The van der Waals surface area contributed by atoms with Crippen LogP contribution in [-0.4, -0.2) is 26.1 Å². The van der Waals surface area contributed by atoms with Crippen LogP contribution in [0, 0.1) is 5.92 Å². The quantitative estimate of drug-likeness (QED) is 0.520. The maximum absolute atomic E-state index is 10.4. The summed E-state index contributed by atoms with van der Waals surface area (Å²) < 4.78 is 6.87. The lowest BCUT2D eigenvalue weighted by atomic mass is 9.98. The fraction of sp³-hybridized carbons (Fsp3) is 0.400. The summed E-state index contributed by atoms with van der Waals surface area (Å²) in [4.78, 5) is 0. The Labute approximate surface area is 171 Å². The van der Waals surface area contributed by atoms with Gasteiger partial charge in [-0.05, 0) is 21.3 Å². The van der Waals surface area contributed by atoms with Gasteiger partial charge in [0, 0.05) is 18.6 Å². The summed E-state index contributed by atoms with van der Waals surface area (Å²) in [5.41, 5.74) is 3.77. The predicted molar refractivity (Wildman–Crippen MR) is 122 cm³/mol. The van der Waals surface area contributed by atoms with Crippen molar-refractivity contribution in [2.24, 2.45) is 5.92 Å². The molecule has 0 fully saturated rings. The Morgan fingerprint density at radius 2 is 1.46 bits per heavy atom. The molecule has 0 saturated heterocycles. The zero-order chi connectivity index (χ0) is 20.8. The molecule has 0 spiro atoms. The number of hydrogen-bond acceptors (Lipinski definition) is 2. The number of hydrogen-bond donors (Lipinski definition) is 1. The van der Waals surface area contributed by atoms with E-state index in [9.17, 15) is 5.11 Å². The van der Waals surface area contributed by atoms with Gasteiger partial charge in [0.2, 0.25) is 0 Å². The van der Waals surface area contributed by atoms with E-state index in [1.807, 2.05) is 26.0 Å². The van der Waals surface area contributed by atoms with Gasteiger partial charge in [0.15, 0.2) is 0 Å². The van der Waals surface area contributed by atoms with Gasteiger partial charge in [-0.25, -0.2) is 0 Å². The maximum Gasteiger partial charge on any atom is 0.261 e. The molecule has 0 heterocycles. The lowest BCUT2D eigenvalue weighted by Gasteiger charge is -2.43. The third-order valence-electron chi connectivity index (χ3n) is 5.32. The molecule has 150 valence electrons. The number of aliphatic hydroxyl groups excluding tert-OH is 1. The summed E-state index contributed by atoms with van der Waals surface area (Å²) in [7, 11) is -2.53.